The van der Waals surface area contributed by atoms with Gasteiger partial charge in [-0.3, -0.25) is 9.59 Å². The van der Waals surface area contributed by atoms with Gasteiger partial charge in [0.15, 0.2) is 0 Å². The first-order valence-corrected chi connectivity index (χ1v) is 7.77. The summed E-state index contributed by atoms with van der Waals surface area (Å²) in [6.45, 7) is 0. The van der Waals surface area contributed by atoms with Crippen molar-refractivity contribution < 1.29 is 9.59 Å². The van der Waals surface area contributed by atoms with Crippen molar-refractivity contribution in [2.75, 3.05) is 0 Å². The van der Waals surface area contributed by atoms with E-state index in [4.69, 9.17) is 0 Å². The predicted octanol–water partition coefficient (Wildman–Crippen LogP) is 3.18. The van der Waals surface area contributed by atoms with E-state index in [-0.39, 0.29) is 0 Å². The molecule has 2 aliphatic heterocycles. The van der Waals surface area contributed by atoms with Gasteiger partial charge in [0.25, 0.3) is 0 Å². The van der Waals surface area contributed by atoms with Gasteiger partial charge in [-0.2, -0.15) is 0 Å². The number of hydrogen-bond acceptors (Lipinski definition) is 4. The molecule has 0 radical (unpaired) electrons. The molecule has 1 aromatic carbocycles. The highest BCUT2D eigenvalue weighted by Crippen LogP contribution is 2.35. The summed E-state index contributed by atoms with van der Waals surface area (Å²) in [5.41, 5.74) is 3.98. The van der Waals surface area contributed by atoms with Crippen LogP contribution < -0.4 is 0 Å². The number of aliphatic imine (C=N–C) groups is 2. The third-order valence-corrected chi connectivity index (χ3v) is 4.45. The third kappa shape index (κ3) is 2.21. The molecule has 3 aliphatic rings. The van der Waals surface area contributed by atoms with Crippen molar-refractivity contribution in [1.29, 1.82) is 0 Å². The Balaban J connectivity index is 1.73. The van der Waals surface area contributed by atoms with Crippen LogP contribution in [0.3, 0.4) is 0 Å². The van der Waals surface area contributed by atoms with Gasteiger partial charge in [0.05, 0.1) is 27.2 Å². The summed E-state index contributed by atoms with van der Waals surface area (Å²) in [5, 5.41) is 0. The fraction of sp³-hybridized carbons (Fsp3) is 0. The van der Waals surface area contributed by atoms with E-state index >= 15 is 0 Å². The SMILES string of the molecule is O=C1C=CC=C(C2=C(Br)C3=NC(c4ccccc4)=CC3=N2)C1=O. The van der Waals surface area contributed by atoms with Crippen LogP contribution in [0.1, 0.15) is 5.56 Å². The summed E-state index contributed by atoms with van der Waals surface area (Å²) in [6, 6.07) is 9.81. The van der Waals surface area contributed by atoms with Crippen molar-refractivity contribution in [2.45, 2.75) is 0 Å². The summed E-state index contributed by atoms with van der Waals surface area (Å²) in [4.78, 5) is 32.6. The molecule has 0 amide bonds. The molecule has 4 rings (SSSR count). The summed E-state index contributed by atoms with van der Waals surface area (Å²) in [7, 11) is 0. The van der Waals surface area contributed by atoms with Crippen LogP contribution in [0, 0.1) is 0 Å². The lowest BCUT2D eigenvalue weighted by molar-refractivity contribution is -0.131. The molecule has 0 unspecified atom stereocenters. The van der Waals surface area contributed by atoms with Crippen LogP contribution >= 0.6 is 15.9 Å². The Labute approximate surface area is 140 Å². The highest BCUT2D eigenvalue weighted by molar-refractivity contribution is 9.12. The zero-order chi connectivity index (χ0) is 16.0. The number of benzene rings is 1. The molecular formula is C18H9BrN2O2. The summed E-state index contributed by atoms with van der Waals surface area (Å²) >= 11 is 3.47. The van der Waals surface area contributed by atoms with E-state index in [1.165, 1.54) is 6.08 Å². The Morgan fingerprint density at radius 1 is 1.00 bits per heavy atom. The molecule has 0 fully saturated rings. The molecule has 5 heteroatoms. The molecular weight excluding hydrogens is 356 g/mol. The molecule has 0 bridgehead atoms. The Bertz CT molecular complexity index is 944. The van der Waals surface area contributed by atoms with Crippen LogP contribution in [0.25, 0.3) is 5.70 Å². The van der Waals surface area contributed by atoms with Crippen LogP contribution in [0.2, 0.25) is 0 Å². The Kier molecular flexibility index (Phi) is 3.16. The first kappa shape index (κ1) is 14.0. The van der Waals surface area contributed by atoms with E-state index < -0.39 is 11.6 Å². The van der Waals surface area contributed by atoms with Gasteiger partial charge < -0.3 is 0 Å². The van der Waals surface area contributed by atoms with Crippen LogP contribution in [0.15, 0.2) is 80.4 Å². The molecule has 0 atom stereocenters. The van der Waals surface area contributed by atoms with Gasteiger partial charge in [-0.15, -0.1) is 0 Å². The molecule has 2 heterocycles. The van der Waals surface area contributed by atoms with Crippen LogP contribution in [-0.4, -0.2) is 23.0 Å². The van der Waals surface area contributed by atoms with Crippen molar-refractivity contribution in [3.8, 4) is 0 Å². The molecule has 0 saturated heterocycles. The maximum absolute atomic E-state index is 12.0. The van der Waals surface area contributed by atoms with Crippen LogP contribution in [0.4, 0.5) is 0 Å². The molecule has 4 nitrogen and oxygen atoms in total. The van der Waals surface area contributed by atoms with Gasteiger partial charge in [0.2, 0.25) is 11.6 Å². The van der Waals surface area contributed by atoms with E-state index in [9.17, 15) is 9.59 Å². The fourth-order valence-electron chi connectivity index (χ4n) is 2.57. The molecule has 0 saturated carbocycles. The molecule has 1 aliphatic carbocycles. The number of nitrogens with zero attached hydrogens (tertiary/aromatic N) is 2. The van der Waals surface area contributed by atoms with Crippen molar-refractivity contribution >= 4 is 44.6 Å². The molecule has 23 heavy (non-hydrogen) atoms. The lowest BCUT2D eigenvalue weighted by Gasteiger charge is -2.06. The maximum atomic E-state index is 12.0. The lowest BCUT2D eigenvalue weighted by atomic mass is 9.99. The topological polar surface area (TPSA) is 58.9 Å². The van der Waals surface area contributed by atoms with Gasteiger partial charge in [0, 0.05) is 5.56 Å². The van der Waals surface area contributed by atoms with E-state index in [1.807, 2.05) is 36.4 Å². The van der Waals surface area contributed by atoms with Crippen molar-refractivity contribution in [2.24, 2.45) is 9.98 Å². The molecule has 1 aromatic rings. The Morgan fingerprint density at radius 2 is 1.78 bits per heavy atom. The van der Waals surface area contributed by atoms with Crippen molar-refractivity contribution in [3.05, 3.63) is 76.0 Å². The van der Waals surface area contributed by atoms with Crippen LogP contribution in [-0.2, 0) is 9.59 Å². The van der Waals surface area contributed by atoms with Crippen LogP contribution in [0.5, 0.6) is 0 Å². The average molecular weight is 365 g/mol. The minimum atomic E-state index is -0.545. The molecule has 0 spiro atoms. The fourth-order valence-corrected chi connectivity index (χ4v) is 3.17. The van der Waals surface area contributed by atoms with Gasteiger partial charge >= 0.3 is 0 Å². The zero-order valence-corrected chi connectivity index (χ0v) is 13.4. The summed E-state index contributed by atoms with van der Waals surface area (Å²) in [6.07, 6.45) is 6.31. The number of carbonyl (C=O) groups is 2. The highest BCUT2D eigenvalue weighted by Gasteiger charge is 2.32. The average Bonchev–Trinajstić information content (AvgIpc) is 3.11. The highest BCUT2D eigenvalue weighted by atomic mass is 79.9. The first-order valence-electron chi connectivity index (χ1n) is 6.97. The molecule has 110 valence electrons. The lowest BCUT2D eigenvalue weighted by Crippen LogP contribution is -2.17. The van der Waals surface area contributed by atoms with E-state index in [2.05, 4.69) is 25.9 Å². The second-order valence-corrected chi connectivity index (χ2v) is 5.94. The number of Topliss-reactive ketones (excluding diaryl/α,β-unsaturated/α-hetero) is 1. The standard InChI is InChI=1S/C18H9BrN2O2/c19-15-16(11-7-4-8-14(22)18(11)23)21-13-9-12(20-17(13)15)10-5-2-1-3-6-10/h1-9H. The minimum Gasteiger partial charge on any atom is -0.286 e. The third-order valence-electron chi connectivity index (χ3n) is 3.70. The normalized spacial score (nSPS) is 19.5. The van der Waals surface area contributed by atoms with Gasteiger partial charge in [0.1, 0.15) is 5.71 Å². The van der Waals surface area contributed by atoms with Gasteiger partial charge in [-0.25, -0.2) is 9.98 Å². The van der Waals surface area contributed by atoms with Gasteiger partial charge in [-0.1, -0.05) is 36.4 Å². The largest absolute Gasteiger partial charge is 0.286 e. The number of carbonyl (C=O) groups excluding carboxylic acids is 2. The number of rotatable bonds is 2. The smallest absolute Gasteiger partial charge is 0.235 e. The monoisotopic (exact) mass is 364 g/mol. The quantitative estimate of drug-likeness (QED) is 0.597. The maximum Gasteiger partial charge on any atom is 0.235 e. The van der Waals surface area contributed by atoms with Crippen molar-refractivity contribution in [1.82, 2.24) is 0 Å². The molecule has 0 N–H and O–H groups in total. The number of allylic oxidation sites excluding steroid dienone is 6. The second kappa shape index (κ2) is 5.21. The summed E-state index contributed by atoms with van der Waals surface area (Å²) < 4.78 is 0.636. The number of halogens is 1. The first-order chi connectivity index (χ1) is 11.1. The van der Waals surface area contributed by atoms with E-state index in [0.717, 1.165) is 11.3 Å². The predicted molar refractivity (Wildman–Crippen MR) is 92.5 cm³/mol. The number of hydrogen-bond donors (Lipinski definition) is 0. The number of ketones is 2. The molecule has 0 aromatic heterocycles. The number of fused-ring (bicyclic) bond motifs is 1. The second-order valence-electron chi connectivity index (χ2n) is 5.15. The Hall–Kier alpha value is -2.66. The Morgan fingerprint density at radius 3 is 2.52 bits per heavy atom. The minimum absolute atomic E-state index is 0.295. The summed E-state index contributed by atoms with van der Waals surface area (Å²) in [5.74, 6) is -1.08. The van der Waals surface area contributed by atoms with E-state index in [1.54, 1.807) is 12.2 Å². The van der Waals surface area contributed by atoms with E-state index in [0.29, 0.717) is 27.2 Å². The zero-order valence-electron chi connectivity index (χ0n) is 11.8. The van der Waals surface area contributed by atoms with Crippen molar-refractivity contribution in [3.63, 3.8) is 0 Å². The van der Waals surface area contributed by atoms with Gasteiger partial charge in [-0.05, 0) is 34.2 Å².